The number of hydrogen-bond donors (Lipinski definition) is 1. The molecule has 1 N–H and O–H groups in total. The van der Waals surface area contributed by atoms with Crippen molar-refractivity contribution in [3.63, 3.8) is 0 Å². The highest BCUT2D eigenvalue weighted by molar-refractivity contribution is 7.09. The van der Waals surface area contributed by atoms with Crippen LogP contribution in [0, 0.1) is 6.92 Å². The van der Waals surface area contributed by atoms with Crippen molar-refractivity contribution in [3.8, 4) is 5.75 Å². The van der Waals surface area contributed by atoms with Crippen molar-refractivity contribution in [1.82, 2.24) is 14.8 Å². The number of aryl methyl sites for hydroxylation is 1. The van der Waals surface area contributed by atoms with E-state index in [1.54, 1.807) is 23.0 Å². The molecule has 0 bridgehead atoms. The average Bonchev–Trinajstić information content (AvgIpc) is 3.12. The van der Waals surface area contributed by atoms with Gasteiger partial charge in [0.1, 0.15) is 11.9 Å². The number of nitrogens with zero attached hydrogens (tertiary/aromatic N) is 2. The van der Waals surface area contributed by atoms with E-state index >= 15 is 0 Å². The summed E-state index contributed by atoms with van der Waals surface area (Å²) < 4.78 is 7.54. The Balaban J connectivity index is 1.48. The molecular weight excluding hydrogens is 338 g/mol. The fourth-order valence-corrected chi connectivity index (χ4v) is 3.51. The van der Waals surface area contributed by atoms with Gasteiger partial charge in [0.15, 0.2) is 0 Å². The number of pyridine rings is 1. The minimum atomic E-state index is -0.0691. The van der Waals surface area contributed by atoms with Crippen molar-refractivity contribution in [2.24, 2.45) is 7.05 Å². The van der Waals surface area contributed by atoms with Crippen LogP contribution in [0.4, 0.5) is 4.79 Å². The summed E-state index contributed by atoms with van der Waals surface area (Å²) >= 11 is 1.64. The third-order valence-electron chi connectivity index (χ3n) is 4.50. The number of piperidine rings is 1. The molecule has 0 aromatic carbocycles. The van der Waals surface area contributed by atoms with Crippen LogP contribution >= 0.6 is 11.3 Å². The second-order valence-electron chi connectivity index (χ2n) is 6.27. The van der Waals surface area contributed by atoms with Crippen LogP contribution in [0.2, 0.25) is 0 Å². The summed E-state index contributed by atoms with van der Waals surface area (Å²) in [6, 6.07) is 7.36. The average molecular weight is 361 g/mol. The Kier molecular flexibility index (Phi) is 5.43. The van der Waals surface area contributed by atoms with E-state index in [1.165, 1.54) is 6.07 Å². The number of hydrogen-bond acceptors (Lipinski definition) is 4. The lowest BCUT2D eigenvalue weighted by Crippen LogP contribution is -2.46. The molecule has 0 spiro atoms. The van der Waals surface area contributed by atoms with E-state index in [-0.39, 0.29) is 17.7 Å². The Labute approximate surface area is 151 Å². The summed E-state index contributed by atoms with van der Waals surface area (Å²) in [6.45, 7) is 3.77. The van der Waals surface area contributed by atoms with Crippen LogP contribution in [0.5, 0.6) is 5.75 Å². The molecule has 0 aliphatic carbocycles. The van der Waals surface area contributed by atoms with Gasteiger partial charge in [0, 0.05) is 49.6 Å². The van der Waals surface area contributed by atoms with Gasteiger partial charge in [0.25, 0.3) is 5.56 Å². The van der Waals surface area contributed by atoms with E-state index in [2.05, 4.69) is 5.32 Å². The number of urea groups is 1. The van der Waals surface area contributed by atoms with E-state index in [1.807, 2.05) is 35.4 Å². The molecular formula is C18H23N3O3S. The molecule has 2 aromatic rings. The monoisotopic (exact) mass is 361 g/mol. The van der Waals surface area contributed by atoms with E-state index in [0.717, 1.165) is 23.4 Å². The molecule has 134 valence electrons. The fraction of sp³-hybridized carbons (Fsp3) is 0.444. The minimum absolute atomic E-state index is 0.0312. The maximum atomic E-state index is 12.2. The molecule has 3 heterocycles. The summed E-state index contributed by atoms with van der Waals surface area (Å²) in [4.78, 5) is 27.0. The van der Waals surface area contributed by atoms with Gasteiger partial charge in [-0.25, -0.2) is 4.79 Å². The Morgan fingerprint density at radius 3 is 2.76 bits per heavy atom. The van der Waals surface area contributed by atoms with Crippen LogP contribution in [0.25, 0.3) is 0 Å². The van der Waals surface area contributed by atoms with Gasteiger partial charge in [-0.3, -0.25) is 4.79 Å². The van der Waals surface area contributed by atoms with E-state index in [0.29, 0.717) is 25.4 Å². The molecule has 0 atom stereocenters. The van der Waals surface area contributed by atoms with Gasteiger partial charge in [-0.05, 0) is 24.4 Å². The molecule has 6 nitrogen and oxygen atoms in total. The van der Waals surface area contributed by atoms with Gasteiger partial charge in [-0.15, -0.1) is 11.3 Å². The second kappa shape index (κ2) is 7.74. The van der Waals surface area contributed by atoms with Gasteiger partial charge in [0.2, 0.25) is 0 Å². The summed E-state index contributed by atoms with van der Waals surface area (Å²) in [7, 11) is 1.74. The van der Waals surface area contributed by atoms with Gasteiger partial charge < -0.3 is 19.5 Å². The minimum Gasteiger partial charge on any atom is -0.490 e. The molecule has 1 saturated heterocycles. The molecule has 7 heteroatoms. The number of carbonyl (C=O) groups is 1. The lowest BCUT2D eigenvalue weighted by Gasteiger charge is -2.32. The van der Waals surface area contributed by atoms with Crippen LogP contribution < -0.4 is 15.6 Å². The Bertz CT molecular complexity index is 777. The van der Waals surface area contributed by atoms with Crippen molar-refractivity contribution in [3.05, 3.63) is 50.6 Å². The zero-order valence-electron chi connectivity index (χ0n) is 14.5. The summed E-state index contributed by atoms with van der Waals surface area (Å²) in [5.41, 5.74) is 0.799. The lowest BCUT2D eigenvalue weighted by molar-refractivity contribution is 0.110. The van der Waals surface area contributed by atoms with Gasteiger partial charge in [-0.2, -0.15) is 0 Å². The van der Waals surface area contributed by atoms with Crippen LogP contribution in [0.1, 0.15) is 23.4 Å². The molecule has 0 radical (unpaired) electrons. The molecule has 0 saturated carbocycles. The van der Waals surface area contributed by atoms with E-state index in [4.69, 9.17) is 4.74 Å². The maximum absolute atomic E-state index is 12.2. The van der Waals surface area contributed by atoms with Crippen molar-refractivity contribution in [2.75, 3.05) is 13.1 Å². The first kappa shape index (κ1) is 17.5. The van der Waals surface area contributed by atoms with Crippen LogP contribution in [0.15, 0.2) is 34.4 Å². The van der Waals surface area contributed by atoms with Crippen molar-refractivity contribution < 1.29 is 9.53 Å². The highest BCUT2D eigenvalue weighted by atomic mass is 32.1. The number of amides is 2. The molecule has 1 aliphatic heterocycles. The van der Waals surface area contributed by atoms with Crippen molar-refractivity contribution >= 4 is 17.4 Å². The number of carbonyl (C=O) groups excluding carboxylic acids is 1. The van der Waals surface area contributed by atoms with Crippen molar-refractivity contribution in [2.45, 2.75) is 32.4 Å². The number of likely N-dealkylation sites (tertiary alicyclic amines) is 1. The Hall–Kier alpha value is -2.28. The van der Waals surface area contributed by atoms with E-state index in [9.17, 15) is 9.59 Å². The quantitative estimate of drug-likeness (QED) is 0.910. The van der Waals surface area contributed by atoms with Gasteiger partial charge in [-0.1, -0.05) is 6.07 Å². The van der Waals surface area contributed by atoms with Crippen LogP contribution in [0.3, 0.4) is 0 Å². The van der Waals surface area contributed by atoms with Gasteiger partial charge >= 0.3 is 6.03 Å². The molecule has 2 amide bonds. The first-order valence-corrected chi connectivity index (χ1v) is 9.30. The molecule has 25 heavy (non-hydrogen) atoms. The number of nitrogens with one attached hydrogen (secondary N) is 1. The fourth-order valence-electron chi connectivity index (χ4n) is 2.86. The summed E-state index contributed by atoms with van der Waals surface area (Å²) in [5.74, 6) is 0.612. The zero-order chi connectivity index (χ0) is 17.8. The largest absolute Gasteiger partial charge is 0.490 e. The maximum Gasteiger partial charge on any atom is 0.317 e. The molecule has 0 unspecified atom stereocenters. The molecule has 1 fully saturated rings. The normalized spacial score (nSPS) is 15.2. The predicted molar refractivity (Wildman–Crippen MR) is 98.2 cm³/mol. The standard InChI is InChI=1S/C18H23N3O3S/c1-13-10-15(11-17(22)20(13)2)24-14-5-7-21(8-6-14)18(23)19-12-16-4-3-9-25-16/h3-4,9-11,14H,5-8,12H2,1-2H3,(H,19,23). The predicted octanol–water partition coefficient (Wildman–Crippen LogP) is 2.51. The lowest BCUT2D eigenvalue weighted by atomic mass is 10.1. The third kappa shape index (κ3) is 4.42. The highest BCUT2D eigenvalue weighted by Crippen LogP contribution is 2.19. The molecule has 2 aromatic heterocycles. The molecule has 3 rings (SSSR count). The first-order valence-electron chi connectivity index (χ1n) is 8.42. The topological polar surface area (TPSA) is 63.6 Å². The zero-order valence-corrected chi connectivity index (χ0v) is 15.3. The van der Waals surface area contributed by atoms with Crippen LogP contribution in [-0.2, 0) is 13.6 Å². The first-order chi connectivity index (χ1) is 12.0. The molecule has 1 aliphatic rings. The van der Waals surface area contributed by atoms with Crippen molar-refractivity contribution in [1.29, 1.82) is 0 Å². The number of aromatic nitrogens is 1. The smallest absolute Gasteiger partial charge is 0.317 e. The van der Waals surface area contributed by atoms with Gasteiger partial charge in [0.05, 0.1) is 6.54 Å². The highest BCUT2D eigenvalue weighted by Gasteiger charge is 2.24. The number of rotatable bonds is 4. The third-order valence-corrected chi connectivity index (χ3v) is 5.38. The number of ether oxygens (including phenoxy) is 1. The van der Waals surface area contributed by atoms with Crippen LogP contribution in [-0.4, -0.2) is 34.7 Å². The Morgan fingerprint density at radius 2 is 2.12 bits per heavy atom. The Morgan fingerprint density at radius 1 is 1.36 bits per heavy atom. The SMILES string of the molecule is Cc1cc(OC2CCN(C(=O)NCc3cccs3)CC2)cc(=O)n1C. The summed E-state index contributed by atoms with van der Waals surface area (Å²) in [6.07, 6.45) is 1.56. The van der Waals surface area contributed by atoms with E-state index < -0.39 is 0 Å². The summed E-state index contributed by atoms with van der Waals surface area (Å²) in [5, 5.41) is 4.96. The second-order valence-corrected chi connectivity index (χ2v) is 7.30. The number of thiophene rings is 1.